The molecule has 1 N–H and O–H groups in total. The minimum absolute atomic E-state index is 0.0322. The molecule has 0 saturated heterocycles. The average Bonchev–Trinajstić information content (AvgIpc) is 2.41. The smallest absolute Gasteiger partial charge is 0.0696 e. The van der Waals surface area contributed by atoms with Gasteiger partial charge in [-0.05, 0) is 35.4 Å². The van der Waals surface area contributed by atoms with Crippen molar-refractivity contribution in [1.82, 2.24) is 0 Å². The normalized spacial score (nSPS) is 10.5. The fourth-order valence-corrected chi connectivity index (χ4v) is 2.36. The quantitative estimate of drug-likeness (QED) is 0.900. The molecular formula is C15H15BrClNO. The van der Waals surface area contributed by atoms with Crippen LogP contribution in [0.4, 0.5) is 5.69 Å². The zero-order valence-electron chi connectivity index (χ0n) is 10.6. The Kier molecular flexibility index (Phi) is 4.86. The van der Waals surface area contributed by atoms with Crippen molar-refractivity contribution >= 4 is 33.2 Å². The van der Waals surface area contributed by atoms with Crippen LogP contribution >= 0.6 is 27.5 Å². The Hall–Kier alpha value is -1.03. The molecular weight excluding hydrogens is 326 g/mol. The van der Waals surface area contributed by atoms with Gasteiger partial charge < -0.3 is 10.0 Å². The van der Waals surface area contributed by atoms with E-state index in [1.54, 1.807) is 0 Å². The Morgan fingerprint density at radius 2 is 1.84 bits per heavy atom. The lowest BCUT2D eigenvalue weighted by molar-refractivity contribution is 0.282. The van der Waals surface area contributed by atoms with E-state index in [1.165, 1.54) is 5.56 Å². The molecule has 4 heteroatoms. The summed E-state index contributed by atoms with van der Waals surface area (Å²) < 4.78 is 1.08. The van der Waals surface area contributed by atoms with Gasteiger partial charge in [-0.3, -0.25) is 0 Å². The van der Waals surface area contributed by atoms with Gasteiger partial charge in [0.25, 0.3) is 0 Å². The molecule has 0 bridgehead atoms. The Labute approximate surface area is 126 Å². The highest BCUT2D eigenvalue weighted by atomic mass is 79.9. The summed E-state index contributed by atoms with van der Waals surface area (Å²) in [6.07, 6.45) is 0. The van der Waals surface area contributed by atoms with E-state index in [0.29, 0.717) is 5.02 Å². The first kappa shape index (κ1) is 14.4. The van der Waals surface area contributed by atoms with Gasteiger partial charge >= 0.3 is 0 Å². The van der Waals surface area contributed by atoms with Gasteiger partial charge in [0.2, 0.25) is 0 Å². The minimum Gasteiger partial charge on any atom is -0.392 e. The molecule has 0 aliphatic carbocycles. The SMILES string of the molecule is CN(Cc1ccc(Br)cc1)c1ccc(CO)c(Cl)c1. The van der Waals surface area contributed by atoms with Gasteiger partial charge in [0.15, 0.2) is 0 Å². The van der Waals surface area contributed by atoms with Crippen LogP contribution in [0, 0.1) is 0 Å². The number of benzene rings is 2. The topological polar surface area (TPSA) is 23.5 Å². The van der Waals surface area contributed by atoms with Crippen LogP contribution in [0.25, 0.3) is 0 Å². The van der Waals surface area contributed by atoms with Crippen molar-refractivity contribution in [2.45, 2.75) is 13.2 Å². The summed E-state index contributed by atoms with van der Waals surface area (Å²) >= 11 is 9.53. The summed E-state index contributed by atoms with van der Waals surface area (Å²) in [5.41, 5.74) is 3.01. The first-order valence-corrected chi connectivity index (χ1v) is 7.12. The number of anilines is 1. The highest BCUT2D eigenvalue weighted by Crippen LogP contribution is 2.24. The summed E-state index contributed by atoms with van der Waals surface area (Å²) in [5.74, 6) is 0. The first-order valence-electron chi connectivity index (χ1n) is 5.95. The Bertz CT molecular complexity index is 557. The van der Waals surface area contributed by atoms with E-state index in [-0.39, 0.29) is 6.61 Å². The van der Waals surface area contributed by atoms with Crippen molar-refractivity contribution in [3.05, 3.63) is 63.1 Å². The number of rotatable bonds is 4. The van der Waals surface area contributed by atoms with Crippen molar-refractivity contribution in [1.29, 1.82) is 0 Å². The number of nitrogens with zero attached hydrogens (tertiary/aromatic N) is 1. The fourth-order valence-electron chi connectivity index (χ4n) is 1.86. The Balaban J connectivity index is 2.13. The van der Waals surface area contributed by atoms with Crippen LogP contribution in [0.3, 0.4) is 0 Å². The molecule has 0 fully saturated rings. The summed E-state index contributed by atoms with van der Waals surface area (Å²) in [7, 11) is 2.02. The summed E-state index contributed by atoms with van der Waals surface area (Å²) in [5, 5.41) is 9.71. The molecule has 0 radical (unpaired) electrons. The number of halogens is 2. The molecule has 0 heterocycles. The molecule has 0 saturated carbocycles. The molecule has 0 amide bonds. The molecule has 2 rings (SSSR count). The van der Waals surface area contributed by atoms with Gasteiger partial charge in [0.1, 0.15) is 0 Å². The summed E-state index contributed by atoms with van der Waals surface area (Å²) in [6.45, 7) is 0.775. The number of aliphatic hydroxyl groups is 1. The third-order valence-corrected chi connectivity index (χ3v) is 3.86. The zero-order chi connectivity index (χ0) is 13.8. The molecule has 0 aliphatic heterocycles. The predicted octanol–water partition coefficient (Wildman–Crippen LogP) is 4.23. The van der Waals surface area contributed by atoms with Gasteiger partial charge in [-0.15, -0.1) is 0 Å². The third kappa shape index (κ3) is 3.72. The van der Waals surface area contributed by atoms with Gasteiger partial charge in [0.05, 0.1) is 6.61 Å². The number of hydrogen-bond acceptors (Lipinski definition) is 2. The molecule has 0 spiro atoms. The van der Waals surface area contributed by atoms with Gasteiger partial charge in [-0.1, -0.05) is 45.7 Å². The number of hydrogen-bond donors (Lipinski definition) is 1. The summed E-state index contributed by atoms with van der Waals surface area (Å²) in [6, 6.07) is 13.9. The van der Waals surface area contributed by atoms with Crippen LogP contribution in [0.2, 0.25) is 5.02 Å². The lowest BCUT2D eigenvalue weighted by Crippen LogP contribution is -2.16. The lowest BCUT2D eigenvalue weighted by Gasteiger charge is -2.20. The Morgan fingerprint density at radius 3 is 2.42 bits per heavy atom. The van der Waals surface area contributed by atoms with E-state index in [9.17, 15) is 0 Å². The van der Waals surface area contributed by atoms with Crippen LogP contribution in [0.15, 0.2) is 46.9 Å². The largest absolute Gasteiger partial charge is 0.392 e. The number of aliphatic hydroxyl groups excluding tert-OH is 1. The molecule has 2 aromatic rings. The van der Waals surface area contributed by atoms with Crippen LogP contribution in [0.1, 0.15) is 11.1 Å². The molecule has 2 aromatic carbocycles. The van der Waals surface area contributed by atoms with Crippen molar-refractivity contribution in [3.8, 4) is 0 Å². The molecule has 2 nitrogen and oxygen atoms in total. The van der Waals surface area contributed by atoms with Crippen LogP contribution < -0.4 is 4.90 Å². The maximum atomic E-state index is 9.11. The van der Waals surface area contributed by atoms with E-state index < -0.39 is 0 Å². The fraction of sp³-hybridized carbons (Fsp3) is 0.200. The maximum absolute atomic E-state index is 9.11. The Morgan fingerprint density at radius 1 is 1.16 bits per heavy atom. The van der Waals surface area contributed by atoms with E-state index in [0.717, 1.165) is 22.3 Å². The monoisotopic (exact) mass is 339 g/mol. The average molecular weight is 341 g/mol. The molecule has 100 valence electrons. The zero-order valence-corrected chi connectivity index (χ0v) is 12.9. The van der Waals surface area contributed by atoms with Gasteiger partial charge in [-0.2, -0.15) is 0 Å². The first-order chi connectivity index (χ1) is 9.10. The second-order valence-corrected chi connectivity index (χ2v) is 5.74. The van der Waals surface area contributed by atoms with Crippen LogP contribution in [-0.2, 0) is 13.2 Å². The van der Waals surface area contributed by atoms with Crippen molar-refractivity contribution in [2.75, 3.05) is 11.9 Å². The molecule has 19 heavy (non-hydrogen) atoms. The maximum Gasteiger partial charge on any atom is 0.0696 e. The lowest BCUT2D eigenvalue weighted by atomic mass is 10.1. The molecule has 0 atom stereocenters. The van der Waals surface area contributed by atoms with E-state index in [2.05, 4.69) is 33.0 Å². The third-order valence-electron chi connectivity index (χ3n) is 2.98. The van der Waals surface area contributed by atoms with Crippen molar-refractivity contribution < 1.29 is 5.11 Å². The van der Waals surface area contributed by atoms with E-state index in [4.69, 9.17) is 16.7 Å². The van der Waals surface area contributed by atoms with Gasteiger partial charge in [-0.25, -0.2) is 0 Å². The minimum atomic E-state index is -0.0322. The molecule has 0 aromatic heterocycles. The predicted molar refractivity (Wildman–Crippen MR) is 83.6 cm³/mol. The van der Waals surface area contributed by atoms with E-state index >= 15 is 0 Å². The van der Waals surface area contributed by atoms with Crippen molar-refractivity contribution in [3.63, 3.8) is 0 Å². The van der Waals surface area contributed by atoms with Crippen LogP contribution in [-0.4, -0.2) is 12.2 Å². The van der Waals surface area contributed by atoms with E-state index in [1.807, 2.05) is 37.4 Å². The highest BCUT2D eigenvalue weighted by Gasteiger charge is 2.05. The second kappa shape index (κ2) is 6.42. The van der Waals surface area contributed by atoms with Crippen molar-refractivity contribution in [2.24, 2.45) is 0 Å². The second-order valence-electron chi connectivity index (χ2n) is 4.42. The highest BCUT2D eigenvalue weighted by molar-refractivity contribution is 9.10. The standard InChI is InChI=1S/C15H15BrClNO/c1-18(9-11-2-5-13(16)6-3-11)14-7-4-12(10-19)15(17)8-14/h2-8,19H,9-10H2,1H3. The van der Waals surface area contributed by atoms with Crippen LogP contribution in [0.5, 0.6) is 0 Å². The van der Waals surface area contributed by atoms with Gasteiger partial charge in [0, 0.05) is 28.8 Å². The molecule has 0 unspecified atom stereocenters. The molecule has 0 aliphatic rings. The summed E-state index contributed by atoms with van der Waals surface area (Å²) in [4.78, 5) is 2.12.